The van der Waals surface area contributed by atoms with E-state index in [0.29, 0.717) is 38.2 Å². The van der Waals surface area contributed by atoms with Gasteiger partial charge in [0.1, 0.15) is 5.71 Å². The maximum atomic E-state index is 12.2. The molecule has 0 spiro atoms. The number of hydrogen-bond acceptors (Lipinski definition) is 5. The summed E-state index contributed by atoms with van der Waals surface area (Å²) in [6.07, 6.45) is 0.734. The molecule has 1 fully saturated rings. The highest BCUT2D eigenvalue weighted by Gasteiger charge is 2.28. The number of carbonyl (C=O) groups excluding carboxylic acids is 2. The second-order valence-corrected chi connectivity index (χ2v) is 5.97. The van der Waals surface area contributed by atoms with Gasteiger partial charge in [-0.15, -0.1) is 0 Å². The van der Waals surface area contributed by atoms with Crippen LogP contribution in [0.3, 0.4) is 0 Å². The molecule has 7 heteroatoms. The van der Waals surface area contributed by atoms with Gasteiger partial charge in [-0.2, -0.15) is 5.10 Å². The fourth-order valence-electron chi connectivity index (χ4n) is 2.47. The van der Waals surface area contributed by atoms with E-state index >= 15 is 0 Å². The van der Waals surface area contributed by atoms with E-state index in [2.05, 4.69) is 15.4 Å². The van der Waals surface area contributed by atoms with Crippen LogP contribution in [0.15, 0.2) is 5.10 Å². The summed E-state index contributed by atoms with van der Waals surface area (Å²) in [7, 11) is 0. The normalized spacial score (nSPS) is 21.4. The van der Waals surface area contributed by atoms with Crippen molar-refractivity contribution < 1.29 is 14.7 Å². The minimum Gasteiger partial charge on any atom is -0.389 e. The molecule has 0 aliphatic carbocycles. The maximum Gasteiger partial charge on any atom is 0.270 e. The van der Waals surface area contributed by atoms with Crippen LogP contribution in [0.2, 0.25) is 0 Å². The lowest BCUT2D eigenvalue weighted by Crippen LogP contribution is -2.53. The van der Waals surface area contributed by atoms with E-state index in [9.17, 15) is 14.7 Å². The predicted octanol–water partition coefficient (Wildman–Crippen LogP) is -0.832. The molecular formula is C13H22N4O3. The zero-order valence-electron chi connectivity index (χ0n) is 12.1. The lowest BCUT2D eigenvalue weighted by atomic mass is 10.1. The highest BCUT2D eigenvalue weighted by atomic mass is 16.3. The summed E-state index contributed by atoms with van der Waals surface area (Å²) in [6.45, 7) is 6.91. The van der Waals surface area contributed by atoms with Crippen LogP contribution in [-0.2, 0) is 9.59 Å². The number of aliphatic hydroxyl groups is 1. The Morgan fingerprint density at radius 2 is 1.95 bits per heavy atom. The van der Waals surface area contributed by atoms with Crippen LogP contribution in [0.1, 0.15) is 26.7 Å². The maximum absolute atomic E-state index is 12.2. The number of rotatable bonds is 3. The van der Waals surface area contributed by atoms with Crippen LogP contribution in [0.25, 0.3) is 0 Å². The van der Waals surface area contributed by atoms with Crippen LogP contribution < -0.4 is 5.43 Å². The van der Waals surface area contributed by atoms with Gasteiger partial charge in [-0.3, -0.25) is 14.5 Å². The fraction of sp³-hybridized carbons (Fsp3) is 0.769. The Bertz CT molecular complexity index is 420. The van der Waals surface area contributed by atoms with Crippen molar-refractivity contribution in [2.24, 2.45) is 5.10 Å². The Hall–Kier alpha value is -1.47. The van der Waals surface area contributed by atoms with E-state index in [1.165, 1.54) is 0 Å². The summed E-state index contributed by atoms with van der Waals surface area (Å²) in [5.74, 6) is -0.232. The quantitative estimate of drug-likeness (QED) is 0.707. The third-order valence-electron chi connectivity index (χ3n) is 3.42. The summed E-state index contributed by atoms with van der Waals surface area (Å²) < 4.78 is 0. The summed E-state index contributed by atoms with van der Waals surface area (Å²) in [4.78, 5) is 27.1. The van der Waals surface area contributed by atoms with Gasteiger partial charge in [-0.25, -0.2) is 5.43 Å². The molecule has 20 heavy (non-hydrogen) atoms. The van der Waals surface area contributed by atoms with Gasteiger partial charge in [0.2, 0.25) is 5.91 Å². The van der Waals surface area contributed by atoms with Crippen LogP contribution >= 0.6 is 0 Å². The Kier molecular flexibility index (Phi) is 4.39. The highest BCUT2D eigenvalue weighted by Crippen LogP contribution is 2.10. The Morgan fingerprint density at radius 3 is 2.45 bits per heavy atom. The molecule has 0 aromatic heterocycles. The van der Waals surface area contributed by atoms with Gasteiger partial charge in [0.15, 0.2) is 0 Å². The molecule has 2 aliphatic rings. The largest absolute Gasteiger partial charge is 0.389 e. The third-order valence-corrected chi connectivity index (χ3v) is 3.42. The van der Waals surface area contributed by atoms with E-state index in [1.54, 1.807) is 18.7 Å². The lowest BCUT2D eigenvalue weighted by Gasteiger charge is -2.37. The topological polar surface area (TPSA) is 85.2 Å². The van der Waals surface area contributed by atoms with Crippen molar-refractivity contribution in [2.45, 2.75) is 32.3 Å². The van der Waals surface area contributed by atoms with Gasteiger partial charge in [0.05, 0.1) is 5.60 Å². The van der Waals surface area contributed by atoms with E-state index in [1.807, 2.05) is 0 Å². The molecule has 1 saturated heterocycles. The van der Waals surface area contributed by atoms with Crippen molar-refractivity contribution in [2.75, 3.05) is 32.7 Å². The first-order valence-corrected chi connectivity index (χ1v) is 6.94. The zero-order valence-corrected chi connectivity index (χ0v) is 12.1. The van der Waals surface area contributed by atoms with E-state index in [4.69, 9.17) is 0 Å². The highest BCUT2D eigenvalue weighted by molar-refractivity contribution is 6.39. The van der Waals surface area contributed by atoms with Crippen molar-refractivity contribution in [1.29, 1.82) is 0 Å². The van der Waals surface area contributed by atoms with Gasteiger partial charge in [-0.1, -0.05) is 0 Å². The van der Waals surface area contributed by atoms with Gasteiger partial charge in [-0.05, 0) is 13.8 Å². The molecule has 2 heterocycles. The third kappa shape index (κ3) is 4.01. The molecule has 112 valence electrons. The number of carbonyl (C=O) groups is 2. The molecule has 2 rings (SSSR count). The summed E-state index contributed by atoms with van der Waals surface area (Å²) in [5, 5.41) is 13.6. The number of amides is 2. The van der Waals surface area contributed by atoms with E-state index in [-0.39, 0.29) is 11.8 Å². The molecule has 7 nitrogen and oxygen atoms in total. The summed E-state index contributed by atoms with van der Waals surface area (Å²) in [5.41, 5.74) is 2.06. The molecule has 2 N–H and O–H groups in total. The minimum atomic E-state index is -0.718. The number of nitrogens with one attached hydrogen (secondary N) is 1. The Morgan fingerprint density at radius 1 is 1.30 bits per heavy atom. The number of β-amino-alcohol motifs (C(OH)–C–C–N with tert-alkyl or cyclic N) is 1. The minimum absolute atomic E-state index is 0.0899. The molecule has 0 bridgehead atoms. The molecule has 2 aliphatic heterocycles. The zero-order chi connectivity index (χ0) is 14.8. The van der Waals surface area contributed by atoms with Crippen molar-refractivity contribution in [1.82, 2.24) is 15.2 Å². The summed E-state index contributed by atoms with van der Waals surface area (Å²) in [6, 6.07) is 0. The predicted molar refractivity (Wildman–Crippen MR) is 74.1 cm³/mol. The molecule has 0 aromatic carbocycles. The van der Waals surface area contributed by atoms with Gasteiger partial charge in [0, 0.05) is 45.6 Å². The number of hydrogen-bond donors (Lipinski definition) is 2. The van der Waals surface area contributed by atoms with Gasteiger partial charge >= 0.3 is 0 Å². The van der Waals surface area contributed by atoms with Crippen molar-refractivity contribution in [3.8, 4) is 0 Å². The second kappa shape index (κ2) is 5.88. The Balaban J connectivity index is 1.84. The molecule has 0 aromatic rings. The monoisotopic (exact) mass is 282 g/mol. The second-order valence-electron chi connectivity index (χ2n) is 5.97. The van der Waals surface area contributed by atoms with Crippen molar-refractivity contribution >= 4 is 17.5 Å². The Labute approximate surface area is 118 Å². The number of hydrazone groups is 1. The molecule has 0 atom stereocenters. The average molecular weight is 282 g/mol. The van der Waals surface area contributed by atoms with Gasteiger partial charge in [0.25, 0.3) is 5.91 Å². The number of piperazine rings is 1. The van der Waals surface area contributed by atoms with Crippen LogP contribution in [-0.4, -0.2) is 70.8 Å². The lowest BCUT2D eigenvalue weighted by molar-refractivity contribution is -0.126. The van der Waals surface area contributed by atoms with Crippen LogP contribution in [0.5, 0.6) is 0 Å². The molecule has 0 saturated carbocycles. The molecule has 2 amide bonds. The van der Waals surface area contributed by atoms with Gasteiger partial charge < -0.3 is 10.0 Å². The SMILES string of the molecule is CC(C)(O)CN1CCN(C(=O)C2=NNC(=O)CC2)CC1. The van der Waals surface area contributed by atoms with E-state index < -0.39 is 5.60 Å². The van der Waals surface area contributed by atoms with Crippen LogP contribution in [0, 0.1) is 0 Å². The van der Waals surface area contributed by atoms with Crippen LogP contribution in [0.4, 0.5) is 0 Å². The molecule has 0 unspecified atom stereocenters. The fourth-order valence-corrected chi connectivity index (χ4v) is 2.47. The summed E-state index contributed by atoms with van der Waals surface area (Å²) >= 11 is 0. The first-order chi connectivity index (χ1) is 9.35. The standard InChI is InChI=1S/C13H22N4O3/c1-13(2,20)9-16-5-7-17(8-6-16)12(19)10-3-4-11(18)15-14-10/h20H,3-9H2,1-2H3,(H,15,18). The molecule has 0 radical (unpaired) electrons. The van der Waals surface area contributed by atoms with Crippen molar-refractivity contribution in [3.05, 3.63) is 0 Å². The number of nitrogens with zero attached hydrogens (tertiary/aromatic N) is 3. The molecular weight excluding hydrogens is 260 g/mol. The average Bonchev–Trinajstić information content (AvgIpc) is 2.38. The first-order valence-electron chi connectivity index (χ1n) is 6.94. The first kappa shape index (κ1) is 14.9. The van der Waals surface area contributed by atoms with Crippen molar-refractivity contribution in [3.63, 3.8) is 0 Å². The van der Waals surface area contributed by atoms with E-state index in [0.717, 1.165) is 13.1 Å². The smallest absolute Gasteiger partial charge is 0.270 e.